The van der Waals surface area contributed by atoms with Crippen LogP contribution in [0.5, 0.6) is 0 Å². The van der Waals surface area contributed by atoms with Crippen molar-refractivity contribution in [2.75, 3.05) is 13.2 Å². The fourth-order valence-corrected chi connectivity index (χ4v) is 0.608. The largest absolute Gasteiger partial charge is 0.480 e. The molecular formula is C8H12N2O4. The fraction of sp³-hybridized carbons (Fsp3) is 0.500. The summed E-state index contributed by atoms with van der Waals surface area (Å²) in [6.07, 6.45) is 0. The van der Waals surface area contributed by atoms with Crippen LogP contribution in [0.2, 0.25) is 0 Å². The van der Waals surface area contributed by atoms with Gasteiger partial charge in [0.25, 0.3) is 0 Å². The first-order valence-electron chi connectivity index (χ1n) is 3.89. The normalized spacial score (nSPS) is 10.7. The lowest BCUT2D eigenvalue weighted by Gasteiger charge is -2.11. The van der Waals surface area contributed by atoms with E-state index in [4.69, 9.17) is 10.2 Å². The van der Waals surface area contributed by atoms with Crippen molar-refractivity contribution in [1.29, 1.82) is 0 Å². The Labute approximate surface area is 81.3 Å². The van der Waals surface area contributed by atoms with Crippen LogP contribution in [-0.4, -0.2) is 41.4 Å². The van der Waals surface area contributed by atoms with Crippen LogP contribution in [0.4, 0.5) is 4.79 Å². The summed E-state index contributed by atoms with van der Waals surface area (Å²) in [6, 6.07) is -1.96. The Morgan fingerprint density at radius 3 is 2.57 bits per heavy atom. The van der Waals surface area contributed by atoms with Gasteiger partial charge in [0.1, 0.15) is 0 Å². The molecule has 0 aromatic rings. The Morgan fingerprint density at radius 2 is 2.14 bits per heavy atom. The molecule has 0 saturated carbocycles. The van der Waals surface area contributed by atoms with Gasteiger partial charge >= 0.3 is 12.0 Å². The summed E-state index contributed by atoms with van der Waals surface area (Å²) in [4.78, 5) is 21.3. The summed E-state index contributed by atoms with van der Waals surface area (Å²) in [7, 11) is 0. The van der Waals surface area contributed by atoms with Gasteiger partial charge in [-0.15, -0.1) is 5.92 Å². The first kappa shape index (κ1) is 12.3. The third kappa shape index (κ3) is 5.00. The highest BCUT2D eigenvalue weighted by atomic mass is 16.4. The quantitative estimate of drug-likeness (QED) is 0.426. The van der Waals surface area contributed by atoms with Crippen LogP contribution in [0, 0.1) is 11.8 Å². The number of hydrogen-bond acceptors (Lipinski definition) is 3. The van der Waals surface area contributed by atoms with Crippen molar-refractivity contribution in [3.8, 4) is 11.8 Å². The molecule has 14 heavy (non-hydrogen) atoms. The standard InChI is InChI=1S/C8H12N2O4/c1-2-3-4-9-8(14)10-6(5-11)7(12)13/h6,11H,4-5H2,1H3,(H,12,13)(H2,9,10,14). The van der Waals surface area contributed by atoms with Gasteiger partial charge in [-0.2, -0.15) is 0 Å². The fourth-order valence-electron chi connectivity index (χ4n) is 0.608. The molecule has 0 rings (SSSR count). The van der Waals surface area contributed by atoms with Gasteiger partial charge in [-0.05, 0) is 6.92 Å². The van der Waals surface area contributed by atoms with E-state index in [1.165, 1.54) is 0 Å². The molecule has 0 heterocycles. The average molecular weight is 200 g/mol. The van der Waals surface area contributed by atoms with Gasteiger partial charge in [-0.3, -0.25) is 0 Å². The smallest absolute Gasteiger partial charge is 0.328 e. The number of amides is 2. The number of rotatable bonds is 4. The number of urea groups is 1. The molecule has 0 aromatic heterocycles. The molecule has 0 aliphatic rings. The number of nitrogens with one attached hydrogen (secondary N) is 2. The minimum absolute atomic E-state index is 0.139. The SMILES string of the molecule is CC#CCNC(=O)NC(CO)C(=O)O. The number of aliphatic hydroxyl groups excluding tert-OH is 1. The molecule has 1 unspecified atom stereocenters. The van der Waals surface area contributed by atoms with Crippen LogP contribution in [-0.2, 0) is 4.79 Å². The molecule has 0 aliphatic carbocycles. The summed E-state index contributed by atoms with van der Waals surface area (Å²) >= 11 is 0. The molecule has 6 heteroatoms. The van der Waals surface area contributed by atoms with E-state index in [2.05, 4.69) is 22.5 Å². The second-order valence-electron chi connectivity index (χ2n) is 2.33. The third-order valence-electron chi connectivity index (χ3n) is 1.30. The van der Waals surface area contributed by atoms with E-state index < -0.39 is 24.6 Å². The topological polar surface area (TPSA) is 98.7 Å². The van der Waals surface area contributed by atoms with Crippen LogP contribution in [0.1, 0.15) is 6.92 Å². The first-order valence-corrected chi connectivity index (χ1v) is 3.89. The van der Waals surface area contributed by atoms with Crippen molar-refractivity contribution in [3.05, 3.63) is 0 Å². The zero-order valence-corrected chi connectivity index (χ0v) is 7.70. The summed E-state index contributed by atoms with van der Waals surface area (Å²) in [5, 5.41) is 21.4. The molecule has 0 radical (unpaired) electrons. The van der Waals surface area contributed by atoms with E-state index in [1.807, 2.05) is 0 Å². The number of aliphatic carboxylic acids is 1. The third-order valence-corrected chi connectivity index (χ3v) is 1.30. The molecule has 0 aromatic carbocycles. The number of carbonyl (C=O) groups is 2. The van der Waals surface area contributed by atoms with Crippen LogP contribution in [0.3, 0.4) is 0 Å². The van der Waals surface area contributed by atoms with E-state index in [9.17, 15) is 9.59 Å². The van der Waals surface area contributed by atoms with Crippen LogP contribution in [0.25, 0.3) is 0 Å². The van der Waals surface area contributed by atoms with E-state index in [0.717, 1.165) is 0 Å². The zero-order chi connectivity index (χ0) is 11.0. The van der Waals surface area contributed by atoms with Gasteiger partial charge in [0.05, 0.1) is 13.2 Å². The Kier molecular flexibility index (Phi) is 5.90. The maximum Gasteiger partial charge on any atom is 0.328 e. The van der Waals surface area contributed by atoms with Crippen LogP contribution in [0.15, 0.2) is 0 Å². The highest BCUT2D eigenvalue weighted by molar-refractivity contribution is 5.82. The lowest BCUT2D eigenvalue weighted by atomic mass is 10.3. The minimum atomic E-state index is -1.29. The molecule has 0 spiro atoms. The van der Waals surface area contributed by atoms with E-state index in [1.54, 1.807) is 6.92 Å². The summed E-state index contributed by atoms with van der Waals surface area (Å²) < 4.78 is 0. The van der Waals surface area contributed by atoms with Gasteiger partial charge in [-0.1, -0.05) is 5.92 Å². The average Bonchev–Trinajstić information content (AvgIpc) is 2.14. The van der Waals surface area contributed by atoms with Crippen molar-refractivity contribution >= 4 is 12.0 Å². The molecule has 1 atom stereocenters. The predicted molar refractivity (Wildman–Crippen MR) is 48.5 cm³/mol. The molecule has 0 bridgehead atoms. The van der Waals surface area contributed by atoms with Crippen molar-refractivity contribution in [2.45, 2.75) is 13.0 Å². The van der Waals surface area contributed by atoms with Gasteiger partial charge in [0.2, 0.25) is 0 Å². The van der Waals surface area contributed by atoms with Gasteiger partial charge in [0, 0.05) is 0 Å². The molecule has 2 amide bonds. The molecule has 0 aliphatic heterocycles. The summed E-state index contributed by atoms with van der Waals surface area (Å²) in [5.41, 5.74) is 0. The van der Waals surface area contributed by atoms with Gasteiger partial charge in [0.15, 0.2) is 6.04 Å². The Hall–Kier alpha value is -1.74. The van der Waals surface area contributed by atoms with Crippen molar-refractivity contribution in [2.24, 2.45) is 0 Å². The molecule has 4 N–H and O–H groups in total. The number of hydrogen-bond donors (Lipinski definition) is 4. The van der Waals surface area contributed by atoms with E-state index >= 15 is 0 Å². The maximum absolute atomic E-state index is 10.9. The first-order chi connectivity index (χ1) is 6.61. The number of carboxylic acids is 1. The molecule has 0 fully saturated rings. The predicted octanol–water partition coefficient (Wildman–Crippen LogP) is -1.25. The molecular weight excluding hydrogens is 188 g/mol. The summed E-state index contributed by atoms with van der Waals surface area (Å²) in [6.45, 7) is 1.11. The van der Waals surface area contributed by atoms with Crippen LogP contribution < -0.4 is 10.6 Å². The zero-order valence-electron chi connectivity index (χ0n) is 7.70. The Morgan fingerprint density at radius 1 is 1.50 bits per heavy atom. The second kappa shape index (κ2) is 6.74. The highest BCUT2D eigenvalue weighted by Gasteiger charge is 2.17. The van der Waals surface area contributed by atoms with E-state index in [0.29, 0.717) is 0 Å². The number of carbonyl (C=O) groups excluding carboxylic acids is 1. The summed E-state index contributed by atoms with van der Waals surface area (Å²) in [5.74, 6) is 3.83. The molecule has 78 valence electrons. The lowest BCUT2D eigenvalue weighted by Crippen LogP contribution is -2.47. The maximum atomic E-state index is 10.9. The van der Waals surface area contributed by atoms with Crippen molar-refractivity contribution in [1.82, 2.24) is 10.6 Å². The number of aliphatic hydroxyl groups is 1. The monoisotopic (exact) mass is 200 g/mol. The molecule has 6 nitrogen and oxygen atoms in total. The molecule has 0 saturated heterocycles. The van der Waals surface area contributed by atoms with E-state index in [-0.39, 0.29) is 6.54 Å². The van der Waals surface area contributed by atoms with Crippen molar-refractivity contribution in [3.63, 3.8) is 0 Å². The van der Waals surface area contributed by atoms with Crippen molar-refractivity contribution < 1.29 is 19.8 Å². The Bertz CT molecular complexity index is 266. The minimum Gasteiger partial charge on any atom is -0.480 e. The highest BCUT2D eigenvalue weighted by Crippen LogP contribution is 1.81. The van der Waals surface area contributed by atoms with Gasteiger partial charge in [-0.25, -0.2) is 9.59 Å². The lowest BCUT2D eigenvalue weighted by molar-refractivity contribution is -0.140. The Balaban J connectivity index is 3.89. The number of carboxylic acid groups (broad SMARTS) is 1. The van der Waals surface area contributed by atoms with Gasteiger partial charge < -0.3 is 20.8 Å². The van der Waals surface area contributed by atoms with Crippen LogP contribution >= 0.6 is 0 Å². The second-order valence-corrected chi connectivity index (χ2v) is 2.33.